The van der Waals surface area contributed by atoms with Gasteiger partial charge in [0.2, 0.25) is 5.75 Å². The molecule has 0 aliphatic rings. The van der Waals surface area contributed by atoms with Gasteiger partial charge < -0.3 is 24.3 Å². The zero-order valence-electron chi connectivity index (χ0n) is 18.5. The van der Waals surface area contributed by atoms with Crippen LogP contribution in [-0.4, -0.2) is 38.4 Å². The van der Waals surface area contributed by atoms with Gasteiger partial charge in [0.05, 0.1) is 34.0 Å². The molecular formula is C25H25N3O4. The molecule has 4 rings (SSSR count). The highest BCUT2D eigenvalue weighted by Gasteiger charge is 2.17. The lowest BCUT2D eigenvalue weighted by Crippen LogP contribution is -2.05. The second-order valence-corrected chi connectivity index (χ2v) is 6.99. The van der Waals surface area contributed by atoms with Gasteiger partial charge in [-0.2, -0.15) is 0 Å². The molecule has 4 aromatic rings. The molecule has 0 aliphatic heterocycles. The predicted octanol–water partition coefficient (Wildman–Crippen LogP) is 4.94. The van der Waals surface area contributed by atoms with Crippen molar-refractivity contribution in [3.63, 3.8) is 0 Å². The number of aromatic nitrogens is 2. The molecular weight excluding hydrogens is 406 g/mol. The third-order valence-corrected chi connectivity index (χ3v) is 5.16. The number of nitrogens with one attached hydrogen (secondary N) is 1. The number of rotatable bonds is 8. The Morgan fingerprint density at radius 2 is 1.38 bits per heavy atom. The molecule has 0 spiro atoms. The molecule has 0 atom stereocenters. The van der Waals surface area contributed by atoms with Crippen LogP contribution in [0.15, 0.2) is 60.7 Å². The summed E-state index contributed by atoms with van der Waals surface area (Å²) in [5.41, 5.74) is 2.62. The number of methoxy groups -OCH3 is 4. The van der Waals surface area contributed by atoms with Gasteiger partial charge in [-0.15, -0.1) is 0 Å². The topological polar surface area (TPSA) is 74.7 Å². The Morgan fingerprint density at radius 1 is 0.719 bits per heavy atom. The zero-order chi connectivity index (χ0) is 22.5. The van der Waals surface area contributed by atoms with E-state index in [4.69, 9.17) is 28.9 Å². The number of ether oxygens (including phenoxy) is 4. The number of hydrogen-bond acceptors (Lipinski definition) is 7. The van der Waals surface area contributed by atoms with Crippen molar-refractivity contribution >= 4 is 16.7 Å². The van der Waals surface area contributed by atoms with E-state index in [2.05, 4.69) is 5.32 Å². The van der Waals surface area contributed by atoms with Gasteiger partial charge in [-0.1, -0.05) is 30.3 Å². The summed E-state index contributed by atoms with van der Waals surface area (Å²) >= 11 is 0. The van der Waals surface area contributed by atoms with Gasteiger partial charge in [-0.25, -0.2) is 9.97 Å². The maximum atomic E-state index is 5.50. The van der Waals surface area contributed by atoms with E-state index >= 15 is 0 Å². The van der Waals surface area contributed by atoms with Crippen LogP contribution in [0.2, 0.25) is 0 Å². The number of fused-ring (bicyclic) bond motifs is 1. The second-order valence-electron chi connectivity index (χ2n) is 6.99. The van der Waals surface area contributed by atoms with E-state index in [1.807, 2.05) is 60.7 Å². The van der Waals surface area contributed by atoms with Crippen LogP contribution in [0.4, 0.5) is 5.82 Å². The zero-order valence-corrected chi connectivity index (χ0v) is 18.5. The molecule has 1 N–H and O–H groups in total. The standard InChI is InChI=1S/C25H25N3O4/c1-29-20-12-8-5-9-16(20)15-26-25-18-10-6-7-11-19(18)27-24(28-25)17-13-21(30-2)23(32-4)22(14-17)31-3/h5-14H,15H2,1-4H3,(H,26,27,28). The molecule has 0 amide bonds. The van der Waals surface area contributed by atoms with Gasteiger partial charge in [0.1, 0.15) is 11.6 Å². The van der Waals surface area contributed by atoms with Gasteiger partial charge in [-0.05, 0) is 30.3 Å². The van der Waals surface area contributed by atoms with Crippen LogP contribution in [0.5, 0.6) is 23.0 Å². The Bertz CT molecular complexity index is 1220. The summed E-state index contributed by atoms with van der Waals surface area (Å²) in [7, 11) is 6.42. The lowest BCUT2D eigenvalue weighted by Gasteiger charge is -2.15. The van der Waals surface area contributed by atoms with Crippen LogP contribution in [-0.2, 0) is 6.54 Å². The molecule has 0 fully saturated rings. The van der Waals surface area contributed by atoms with Crippen LogP contribution < -0.4 is 24.3 Å². The summed E-state index contributed by atoms with van der Waals surface area (Å²) in [4.78, 5) is 9.61. The quantitative estimate of drug-likeness (QED) is 0.423. The summed E-state index contributed by atoms with van der Waals surface area (Å²) in [6.45, 7) is 0.555. The molecule has 0 unspecified atom stereocenters. The van der Waals surface area contributed by atoms with Crippen LogP contribution in [0.1, 0.15) is 5.56 Å². The molecule has 0 saturated carbocycles. The van der Waals surface area contributed by atoms with Crippen molar-refractivity contribution in [1.82, 2.24) is 9.97 Å². The number of anilines is 1. The number of hydrogen-bond donors (Lipinski definition) is 1. The van der Waals surface area contributed by atoms with Gasteiger partial charge >= 0.3 is 0 Å². The highest BCUT2D eigenvalue weighted by atomic mass is 16.5. The number of para-hydroxylation sites is 2. The summed E-state index contributed by atoms with van der Waals surface area (Å²) in [6, 6.07) is 19.5. The first kappa shape index (κ1) is 21.2. The molecule has 0 bridgehead atoms. The van der Waals surface area contributed by atoms with E-state index < -0.39 is 0 Å². The minimum atomic E-state index is 0.522. The van der Waals surface area contributed by atoms with Crippen molar-refractivity contribution in [3.8, 4) is 34.4 Å². The smallest absolute Gasteiger partial charge is 0.203 e. The number of benzene rings is 3. The summed E-state index contributed by atoms with van der Waals surface area (Å²) in [5, 5.41) is 4.38. The first-order chi connectivity index (χ1) is 15.7. The fourth-order valence-corrected chi connectivity index (χ4v) is 3.58. The molecule has 0 aliphatic carbocycles. The Labute approximate surface area is 186 Å². The highest BCUT2D eigenvalue weighted by Crippen LogP contribution is 2.41. The van der Waals surface area contributed by atoms with Gasteiger partial charge in [0.25, 0.3) is 0 Å². The van der Waals surface area contributed by atoms with Crippen LogP contribution in [0.25, 0.3) is 22.3 Å². The Balaban J connectivity index is 1.79. The van der Waals surface area contributed by atoms with Gasteiger partial charge in [-0.3, -0.25) is 0 Å². The van der Waals surface area contributed by atoms with Crippen molar-refractivity contribution < 1.29 is 18.9 Å². The monoisotopic (exact) mass is 431 g/mol. The van der Waals surface area contributed by atoms with E-state index in [1.54, 1.807) is 28.4 Å². The minimum Gasteiger partial charge on any atom is -0.496 e. The second kappa shape index (κ2) is 9.43. The van der Waals surface area contributed by atoms with Crippen molar-refractivity contribution in [2.24, 2.45) is 0 Å². The highest BCUT2D eigenvalue weighted by molar-refractivity contribution is 5.90. The fraction of sp³-hybridized carbons (Fsp3) is 0.200. The first-order valence-corrected chi connectivity index (χ1v) is 10.1. The average molecular weight is 431 g/mol. The SMILES string of the molecule is COc1ccccc1CNc1nc(-c2cc(OC)c(OC)c(OC)c2)nc2ccccc12. The van der Waals surface area contributed by atoms with Crippen molar-refractivity contribution in [3.05, 3.63) is 66.2 Å². The molecule has 0 radical (unpaired) electrons. The lowest BCUT2D eigenvalue weighted by atomic mass is 10.1. The molecule has 164 valence electrons. The van der Waals surface area contributed by atoms with Gasteiger partial charge in [0, 0.05) is 23.1 Å². The van der Waals surface area contributed by atoms with E-state index in [1.165, 1.54) is 0 Å². The van der Waals surface area contributed by atoms with Crippen molar-refractivity contribution in [2.75, 3.05) is 33.8 Å². The Morgan fingerprint density at radius 3 is 2.06 bits per heavy atom. The molecule has 1 aromatic heterocycles. The molecule has 32 heavy (non-hydrogen) atoms. The molecule has 0 saturated heterocycles. The largest absolute Gasteiger partial charge is 0.496 e. The van der Waals surface area contributed by atoms with E-state index in [9.17, 15) is 0 Å². The maximum Gasteiger partial charge on any atom is 0.203 e. The molecule has 7 heteroatoms. The van der Waals surface area contributed by atoms with Crippen LogP contribution in [0.3, 0.4) is 0 Å². The predicted molar refractivity (Wildman–Crippen MR) is 125 cm³/mol. The van der Waals surface area contributed by atoms with Crippen molar-refractivity contribution in [2.45, 2.75) is 6.54 Å². The van der Waals surface area contributed by atoms with Gasteiger partial charge in [0.15, 0.2) is 17.3 Å². The third kappa shape index (κ3) is 4.09. The summed E-state index contributed by atoms with van der Waals surface area (Å²) < 4.78 is 21.9. The average Bonchev–Trinajstić information content (AvgIpc) is 2.86. The third-order valence-electron chi connectivity index (χ3n) is 5.16. The first-order valence-electron chi connectivity index (χ1n) is 10.1. The number of nitrogens with zero attached hydrogens (tertiary/aromatic N) is 2. The summed E-state index contributed by atoms with van der Waals surface area (Å²) in [5.74, 6) is 3.71. The van der Waals surface area contributed by atoms with Crippen LogP contribution in [0, 0.1) is 0 Å². The molecule has 3 aromatic carbocycles. The van der Waals surface area contributed by atoms with E-state index in [-0.39, 0.29) is 0 Å². The fourth-order valence-electron chi connectivity index (χ4n) is 3.58. The molecule has 7 nitrogen and oxygen atoms in total. The van der Waals surface area contributed by atoms with E-state index in [0.717, 1.165) is 33.6 Å². The normalized spacial score (nSPS) is 10.6. The summed E-state index contributed by atoms with van der Waals surface area (Å²) in [6.07, 6.45) is 0. The molecule has 1 heterocycles. The Hall–Kier alpha value is -4.00. The maximum absolute atomic E-state index is 5.50. The Kier molecular flexibility index (Phi) is 6.26. The van der Waals surface area contributed by atoms with E-state index in [0.29, 0.717) is 29.6 Å². The lowest BCUT2D eigenvalue weighted by molar-refractivity contribution is 0.324. The minimum absolute atomic E-state index is 0.522. The van der Waals surface area contributed by atoms with Crippen molar-refractivity contribution in [1.29, 1.82) is 0 Å². The van der Waals surface area contributed by atoms with Crippen LogP contribution >= 0.6 is 0 Å².